The van der Waals surface area contributed by atoms with E-state index in [0.29, 0.717) is 38.3 Å². The van der Waals surface area contributed by atoms with Crippen molar-refractivity contribution in [3.8, 4) is 22.6 Å². The van der Waals surface area contributed by atoms with Crippen molar-refractivity contribution in [2.45, 2.75) is 51.1 Å². The zero-order valence-corrected chi connectivity index (χ0v) is 26.7. The molecule has 0 unspecified atom stereocenters. The van der Waals surface area contributed by atoms with Gasteiger partial charge in [0, 0.05) is 36.0 Å². The van der Waals surface area contributed by atoms with E-state index in [-0.39, 0.29) is 19.0 Å². The molecule has 0 saturated heterocycles. The number of hydrogen-bond acceptors (Lipinski definition) is 6. The molecule has 226 valence electrons. The smallest absolute Gasteiger partial charge is 0.408 e. The second-order valence-corrected chi connectivity index (χ2v) is 12.6. The third kappa shape index (κ3) is 9.01. The lowest BCUT2D eigenvalue weighted by molar-refractivity contribution is -0.124. The number of rotatable bonds is 10. The molecule has 2 aromatic carbocycles. The lowest BCUT2D eigenvalue weighted by atomic mass is 10.0. The molecule has 3 amide bonds. The Kier molecular flexibility index (Phi) is 11.5. The van der Waals surface area contributed by atoms with E-state index in [1.54, 1.807) is 83.1 Å². The molecular weight excluding hydrogens is 626 g/mol. The van der Waals surface area contributed by atoms with E-state index in [1.165, 1.54) is 4.90 Å². The van der Waals surface area contributed by atoms with Crippen molar-refractivity contribution in [1.82, 2.24) is 15.8 Å². The summed E-state index contributed by atoms with van der Waals surface area (Å²) in [5, 5.41) is 10.3. The van der Waals surface area contributed by atoms with E-state index in [9.17, 15) is 14.4 Å². The summed E-state index contributed by atoms with van der Waals surface area (Å²) in [4.78, 5) is 38.2. The number of carbonyl (C=O) groups excluding carboxylic acids is 3. The summed E-state index contributed by atoms with van der Waals surface area (Å²) in [6.45, 7) is 8.87. The summed E-state index contributed by atoms with van der Waals surface area (Å²) < 4.78 is 10.8. The number of aromatic nitrogens is 1. The SMILES string of the molecule is CC(C)[C@H](NC(=O)OC(C)(C)C)C(=O)NCCN(C(=O)C(Cl)Cl)c1cccc(-c2cc(-c3c(Cl)cccc3Cl)no2)c1. The molecule has 0 bridgehead atoms. The molecule has 0 fully saturated rings. The average Bonchev–Trinajstić information content (AvgIpc) is 3.38. The Morgan fingerprint density at radius 3 is 2.26 bits per heavy atom. The standard InChI is InChI=1S/C29H32Cl4N4O5/c1-16(2)24(35-28(40)41-29(3,4)5)26(38)34-12-13-37(27(39)25(32)33)18-9-6-8-17(14-18)22-15-21(36-42-22)23-19(30)10-7-11-20(23)31/h6-11,14-16,24-25H,12-13H2,1-5H3,(H,34,38)(H,35,40)/t24-/m0/s1. The summed E-state index contributed by atoms with van der Waals surface area (Å²) >= 11 is 24.5. The molecule has 3 aromatic rings. The Morgan fingerprint density at radius 2 is 1.67 bits per heavy atom. The maximum Gasteiger partial charge on any atom is 0.408 e. The zero-order chi connectivity index (χ0) is 31.2. The summed E-state index contributed by atoms with van der Waals surface area (Å²) in [6.07, 6.45) is -0.704. The number of nitrogens with zero attached hydrogens (tertiary/aromatic N) is 2. The van der Waals surface area contributed by atoms with Gasteiger partial charge < -0.3 is 24.8 Å². The Labute approximate surface area is 264 Å². The van der Waals surface area contributed by atoms with Gasteiger partial charge in [0.25, 0.3) is 5.91 Å². The molecule has 0 aliphatic heterocycles. The summed E-state index contributed by atoms with van der Waals surface area (Å²) in [6, 6.07) is 12.9. The monoisotopic (exact) mass is 656 g/mol. The number of benzene rings is 2. The molecule has 1 aromatic heterocycles. The van der Waals surface area contributed by atoms with Crippen LogP contribution in [0.25, 0.3) is 22.6 Å². The fourth-order valence-corrected chi connectivity index (χ4v) is 4.78. The Balaban J connectivity index is 1.77. The highest BCUT2D eigenvalue weighted by molar-refractivity contribution is 6.54. The van der Waals surface area contributed by atoms with E-state index in [4.69, 9.17) is 55.7 Å². The first-order chi connectivity index (χ1) is 19.7. The van der Waals surface area contributed by atoms with Crippen LogP contribution in [0.15, 0.2) is 53.1 Å². The highest BCUT2D eigenvalue weighted by atomic mass is 35.5. The summed E-state index contributed by atoms with van der Waals surface area (Å²) in [7, 11) is 0. The van der Waals surface area contributed by atoms with E-state index < -0.39 is 34.4 Å². The zero-order valence-electron chi connectivity index (χ0n) is 23.7. The molecule has 1 atom stereocenters. The number of hydrogen-bond donors (Lipinski definition) is 2. The predicted octanol–water partition coefficient (Wildman–Crippen LogP) is 7.12. The molecule has 0 radical (unpaired) electrons. The van der Waals surface area contributed by atoms with Crippen LogP contribution in [-0.4, -0.2) is 52.6 Å². The van der Waals surface area contributed by atoms with Gasteiger partial charge in [-0.2, -0.15) is 0 Å². The first kappa shape index (κ1) is 33.5. The molecule has 2 N–H and O–H groups in total. The van der Waals surface area contributed by atoms with Gasteiger partial charge in [-0.25, -0.2) is 4.79 Å². The number of nitrogens with one attached hydrogen (secondary N) is 2. The minimum Gasteiger partial charge on any atom is -0.444 e. The fraction of sp³-hybridized carbons (Fsp3) is 0.379. The average molecular weight is 658 g/mol. The predicted molar refractivity (Wildman–Crippen MR) is 166 cm³/mol. The lowest BCUT2D eigenvalue weighted by Crippen LogP contribution is -2.52. The van der Waals surface area contributed by atoms with E-state index in [0.717, 1.165) is 0 Å². The van der Waals surface area contributed by atoms with Gasteiger partial charge in [0.05, 0.1) is 10.0 Å². The first-order valence-corrected chi connectivity index (χ1v) is 14.7. The van der Waals surface area contributed by atoms with E-state index in [2.05, 4.69) is 15.8 Å². The molecule has 0 saturated carbocycles. The van der Waals surface area contributed by atoms with Crippen molar-refractivity contribution in [2.75, 3.05) is 18.0 Å². The number of anilines is 1. The van der Waals surface area contributed by atoms with Crippen LogP contribution in [0.4, 0.5) is 10.5 Å². The molecular formula is C29H32Cl4N4O5. The molecule has 9 nitrogen and oxygen atoms in total. The number of amides is 3. The van der Waals surface area contributed by atoms with Gasteiger partial charge in [0.15, 0.2) is 10.6 Å². The molecule has 13 heteroatoms. The van der Waals surface area contributed by atoms with Gasteiger partial charge in [-0.05, 0) is 51.0 Å². The lowest BCUT2D eigenvalue weighted by Gasteiger charge is -2.26. The first-order valence-electron chi connectivity index (χ1n) is 13.1. The van der Waals surface area contributed by atoms with Crippen molar-refractivity contribution in [3.63, 3.8) is 0 Å². The van der Waals surface area contributed by atoms with Gasteiger partial charge in [-0.3, -0.25) is 9.59 Å². The van der Waals surface area contributed by atoms with Crippen molar-refractivity contribution >= 4 is 70.0 Å². The number of alkyl halides is 2. The molecule has 0 aliphatic rings. The van der Waals surface area contributed by atoms with Crippen molar-refractivity contribution in [2.24, 2.45) is 5.92 Å². The summed E-state index contributed by atoms with van der Waals surface area (Å²) in [5.41, 5.74) is 1.33. The third-order valence-electron chi connectivity index (χ3n) is 5.88. The molecule has 42 heavy (non-hydrogen) atoms. The highest BCUT2D eigenvalue weighted by Crippen LogP contribution is 2.36. The Hall–Kier alpha value is -2.98. The molecule has 0 spiro atoms. The Morgan fingerprint density at radius 1 is 1.02 bits per heavy atom. The quantitative estimate of drug-likeness (QED) is 0.225. The van der Waals surface area contributed by atoms with Crippen LogP contribution < -0.4 is 15.5 Å². The molecule has 1 heterocycles. The maximum absolute atomic E-state index is 13.0. The van der Waals surface area contributed by atoms with Crippen molar-refractivity contribution in [1.29, 1.82) is 0 Å². The van der Waals surface area contributed by atoms with Crippen LogP contribution in [-0.2, 0) is 14.3 Å². The minimum atomic E-state index is -1.35. The Bertz CT molecular complexity index is 1400. The van der Waals surface area contributed by atoms with Crippen LogP contribution in [0.5, 0.6) is 0 Å². The summed E-state index contributed by atoms with van der Waals surface area (Å²) in [5.74, 6) is -0.838. The van der Waals surface area contributed by atoms with Crippen LogP contribution in [0.2, 0.25) is 10.0 Å². The number of halogens is 4. The highest BCUT2D eigenvalue weighted by Gasteiger charge is 2.28. The second-order valence-electron chi connectivity index (χ2n) is 10.7. The number of carbonyl (C=O) groups is 3. The van der Waals surface area contributed by atoms with Crippen LogP contribution in [0.1, 0.15) is 34.6 Å². The minimum absolute atomic E-state index is 0.0398. The topological polar surface area (TPSA) is 114 Å². The maximum atomic E-state index is 13.0. The second kappa shape index (κ2) is 14.5. The van der Waals surface area contributed by atoms with Crippen molar-refractivity contribution < 1.29 is 23.6 Å². The van der Waals surface area contributed by atoms with Gasteiger partial charge >= 0.3 is 6.09 Å². The largest absolute Gasteiger partial charge is 0.444 e. The van der Waals surface area contributed by atoms with E-state index in [1.807, 2.05) is 0 Å². The van der Waals surface area contributed by atoms with Gasteiger partial charge in [-0.15, -0.1) is 0 Å². The van der Waals surface area contributed by atoms with Gasteiger partial charge in [0.2, 0.25) is 5.91 Å². The number of alkyl carbamates (subject to hydrolysis) is 1. The normalized spacial score (nSPS) is 12.3. The molecule has 3 rings (SSSR count). The van der Waals surface area contributed by atoms with Gasteiger partial charge in [-0.1, -0.05) is 83.6 Å². The van der Waals surface area contributed by atoms with Crippen LogP contribution in [0, 0.1) is 5.92 Å². The van der Waals surface area contributed by atoms with Crippen LogP contribution >= 0.6 is 46.4 Å². The van der Waals surface area contributed by atoms with E-state index >= 15 is 0 Å². The van der Waals surface area contributed by atoms with Gasteiger partial charge in [0.1, 0.15) is 17.3 Å². The number of ether oxygens (including phenoxy) is 1. The fourth-order valence-electron chi connectivity index (χ4n) is 3.95. The third-order valence-corrected chi connectivity index (χ3v) is 6.88. The molecule has 0 aliphatic carbocycles. The van der Waals surface area contributed by atoms with Crippen molar-refractivity contribution in [3.05, 3.63) is 58.6 Å². The van der Waals surface area contributed by atoms with Crippen LogP contribution in [0.3, 0.4) is 0 Å².